The van der Waals surface area contributed by atoms with Crippen molar-refractivity contribution in [2.75, 3.05) is 11.9 Å². The number of pyridine rings is 1. The van der Waals surface area contributed by atoms with Crippen LogP contribution in [0.15, 0.2) is 35.1 Å². The Bertz CT molecular complexity index is 284. The molecule has 0 aliphatic heterocycles. The SMILES string of the molecule is C=C(C)CNc1cncc(Br)c1. The Balaban J connectivity index is 2.57. The number of halogens is 1. The lowest BCUT2D eigenvalue weighted by Crippen LogP contribution is -2.01. The molecule has 0 atom stereocenters. The number of aromatic nitrogens is 1. The Morgan fingerprint density at radius 3 is 3.00 bits per heavy atom. The van der Waals surface area contributed by atoms with Gasteiger partial charge in [0.25, 0.3) is 0 Å². The van der Waals surface area contributed by atoms with E-state index in [1.54, 1.807) is 12.4 Å². The predicted molar refractivity (Wildman–Crippen MR) is 55.2 cm³/mol. The van der Waals surface area contributed by atoms with E-state index in [4.69, 9.17) is 0 Å². The van der Waals surface area contributed by atoms with Crippen LogP contribution in [0.5, 0.6) is 0 Å². The minimum absolute atomic E-state index is 0.790. The molecule has 0 bridgehead atoms. The van der Waals surface area contributed by atoms with Crippen LogP contribution in [0.3, 0.4) is 0 Å². The minimum atomic E-state index is 0.790. The van der Waals surface area contributed by atoms with Crippen molar-refractivity contribution in [2.24, 2.45) is 0 Å². The summed E-state index contributed by atoms with van der Waals surface area (Å²) in [5.41, 5.74) is 2.11. The van der Waals surface area contributed by atoms with E-state index >= 15 is 0 Å². The summed E-state index contributed by atoms with van der Waals surface area (Å²) < 4.78 is 0.981. The number of anilines is 1. The topological polar surface area (TPSA) is 24.9 Å². The molecule has 1 heterocycles. The summed E-state index contributed by atoms with van der Waals surface area (Å²) in [6.07, 6.45) is 3.54. The second-order valence-corrected chi connectivity index (χ2v) is 3.62. The van der Waals surface area contributed by atoms with E-state index in [0.717, 1.165) is 22.3 Å². The Hall–Kier alpha value is -0.830. The first kappa shape index (κ1) is 9.26. The van der Waals surface area contributed by atoms with Crippen LogP contribution >= 0.6 is 15.9 Å². The zero-order chi connectivity index (χ0) is 8.97. The molecule has 0 radical (unpaired) electrons. The van der Waals surface area contributed by atoms with E-state index in [9.17, 15) is 0 Å². The molecule has 0 saturated carbocycles. The smallest absolute Gasteiger partial charge is 0.0540 e. The van der Waals surface area contributed by atoms with Crippen molar-refractivity contribution in [3.8, 4) is 0 Å². The molecule has 0 amide bonds. The zero-order valence-corrected chi connectivity index (χ0v) is 8.56. The van der Waals surface area contributed by atoms with Gasteiger partial charge in [0, 0.05) is 17.2 Å². The summed E-state index contributed by atoms with van der Waals surface area (Å²) in [4.78, 5) is 4.02. The number of hydrogen-bond acceptors (Lipinski definition) is 2. The highest BCUT2D eigenvalue weighted by Crippen LogP contribution is 2.13. The van der Waals surface area contributed by atoms with Gasteiger partial charge in [0.05, 0.1) is 11.9 Å². The van der Waals surface area contributed by atoms with E-state index in [1.165, 1.54) is 0 Å². The number of rotatable bonds is 3. The van der Waals surface area contributed by atoms with Crippen LogP contribution in [0, 0.1) is 0 Å². The van der Waals surface area contributed by atoms with Crippen LogP contribution < -0.4 is 5.32 Å². The van der Waals surface area contributed by atoms with E-state index < -0.39 is 0 Å². The number of hydrogen-bond donors (Lipinski definition) is 1. The van der Waals surface area contributed by atoms with Gasteiger partial charge in [-0.25, -0.2) is 0 Å². The van der Waals surface area contributed by atoms with E-state index in [1.807, 2.05) is 13.0 Å². The second-order valence-electron chi connectivity index (χ2n) is 2.70. The molecule has 0 unspecified atom stereocenters. The molecule has 12 heavy (non-hydrogen) atoms. The third-order valence-corrected chi connectivity index (χ3v) is 1.73. The third kappa shape index (κ3) is 3.05. The minimum Gasteiger partial charge on any atom is -0.380 e. The second kappa shape index (κ2) is 4.26. The van der Waals surface area contributed by atoms with Gasteiger partial charge in [-0.3, -0.25) is 4.98 Å². The van der Waals surface area contributed by atoms with Crippen LogP contribution in [0.2, 0.25) is 0 Å². The zero-order valence-electron chi connectivity index (χ0n) is 6.97. The highest BCUT2D eigenvalue weighted by molar-refractivity contribution is 9.10. The molecule has 1 aromatic rings. The van der Waals surface area contributed by atoms with Crippen LogP contribution in [0.25, 0.3) is 0 Å². The summed E-state index contributed by atoms with van der Waals surface area (Å²) in [7, 11) is 0. The van der Waals surface area contributed by atoms with Crippen molar-refractivity contribution in [2.45, 2.75) is 6.92 Å². The first-order valence-corrected chi connectivity index (χ1v) is 4.46. The molecular formula is C9H11BrN2. The predicted octanol–water partition coefficient (Wildman–Crippen LogP) is 2.83. The van der Waals surface area contributed by atoms with Gasteiger partial charge in [0.15, 0.2) is 0 Å². The van der Waals surface area contributed by atoms with Gasteiger partial charge >= 0.3 is 0 Å². The summed E-state index contributed by atoms with van der Waals surface area (Å²) in [5, 5.41) is 3.19. The summed E-state index contributed by atoms with van der Waals surface area (Å²) in [5.74, 6) is 0. The first-order valence-electron chi connectivity index (χ1n) is 3.67. The van der Waals surface area contributed by atoms with Crippen molar-refractivity contribution in [1.29, 1.82) is 0 Å². The molecule has 0 aromatic carbocycles. The van der Waals surface area contributed by atoms with Gasteiger partial charge in [-0.15, -0.1) is 0 Å². The highest BCUT2D eigenvalue weighted by atomic mass is 79.9. The maximum Gasteiger partial charge on any atom is 0.0540 e. The third-order valence-electron chi connectivity index (χ3n) is 1.30. The number of nitrogens with zero attached hydrogens (tertiary/aromatic N) is 1. The molecule has 2 nitrogen and oxygen atoms in total. The van der Waals surface area contributed by atoms with Crippen LogP contribution in [-0.2, 0) is 0 Å². The Kier molecular flexibility index (Phi) is 3.29. The normalized spacial score (nSPS) is 9.50. The molecule has 0 fully saturated rings. The molecule has 1 aromatic heterocycles. The molecule has 0 spiro atoms. The van der Waals surface area contributed by atoms with Gasteiger partial charge in [-0.2, -0.15) is 0 Å². The molecule has 1 rings (SSSR count). The van der Waals surface area contributed by atoms with E-state index in [-0.39, 0.29) is 0 Å². The average molecular weight is 227 g/mol. The molecule has 3 heteroatoms. The summed E-state index contributed by atoms with van der Waals surface area (Å²) in [6, 6.07) is 1.98. The Morgan fingerprint density at radius 2 is 2.42 bits per heavy atom. The first-order chi connectivity index (χ1) is 5.68. The van der Waals surface area contributed by atoms with Crippen molar-refractivity contribution >= 4 is 21.6 Å². The lowest BCUT2D eigenvalue weighted by molar-refractivity contribution is 1.19. The molecule has 0 aliphatic carbocycles. The van der Waals surface area contributed by atoms with Crippen LogP contribution in [0.1, 0.15) is 6.92 Å². The van der Waals surface area contributed by atoms with Gasteiger partial charge in [0.2, 0.25) is 0 Å². The van der Waals surface area contributed by atoms with Gasteiger partial charge in [0.1, 0.15) is 0 Å². The fraction of sp³-hybridized carbons (Fsp3) is 0.222. The molecule has 0 saturated heterocycles. The van der Waals surface area contributed by atoms with Gasteiger partial charge in [-0.1, -0.05) is 12.2 Å². The quantitative estimate of drug-likeness (QED) is 0.803. The molecular weight excluding hydrogens is 216 g/mol. The maximum atomic E-state index is 4.02. The van der Waals surface area contributed by atoms with Crippen molar-refractivity contribution < 1.29 is 0 Å². The fourth-order valence-electron chi connectivity index (χ4n) is 0.761. The standard InChI is InChI=1S/C9H11BrN2/c1-7(2)4-12-9-3-8(10)5-11-6-9/h3,5-6,12H,1,4H2,2H3. The molecule has 64 valence electrons. The average Bonchev–Trinajstić information content (AvgIpc) is 2.01. The van der Waals surface area contributed by atoms with Crippen LogP contribution in [-0.4, -0.2) is 11.5 Å². The number of nitrogens with one attached hydrogen (secondary N) is 1. The monoisotopic (exact) mass is 226 g/mol. The molecule has 0 aliphatic rings. The summed E-state index contributed by atoms with van der Waals surface area (Å²) >= 11 is 3.34. The largest absolute Gasteiger partial charge is 0.380 e. The molecule has 1 N–H and O–H groups in total. The summed E-state index contributed by atoms with van der Waals surface area (Å²) in [6.45, 7) is 6.57. The van der Waals surface area contributed by atoms with Crippen LogP contribution in [0.4, 0.5) is 5.69 Å². The Morgan fingerprint density at radius 1 is 1.67 bits per heavy atom. The van der Waals surface area contributed by atoms with Crippen molar-refractivity contribution in [3.05, 3.63) is 35.1 Å². The van der Waals surface area contributed by atoms with Crippen molar-refractivity contribution in [1.82, 2.24) is 4.98 Å². The van der Waals surface area contributed by atoms with Gasteiger partial charge in [-0.05, 0) is 28.9 Å². The van der Waals surface area contributed by atoms with Crippen molar-refractivity contribution in [3.63, 3.8) is 0 Å². The Labute approximate surface area is 80.8 Å². The van der Waals surface area contributed by atoms with Gasteiger partial charge < -0.3 is 5.32 Å². The fourth-order valence-corrected chi connectivity index (χ4v) is 1.13. The highest BCUT2D eigenvalue weighted by Gasteiger charge is 1.92. The lowest BCUT2D eigenvalue weighted by Gasteiger charge is -2.04. The lowest BCUT2D eigenvalue weighted by atomic mass is 10.3. The van der Waals surface area contributed by atoms with E-state index in [2.05, 4.69) is 32.8 Å². The maximum absolute atomic E-state index is 4.02. The van der Waals surface area contributed by atoms with E-state index in [0.29, 0.717) is 0 Å².